The third-order valence-corrected chi connectivity index (χ3v) is 4.73. The number of benzene rings is 1. The molecular weight excluding hydrogens is 272 g/mol. The molecule has 1 aliphatic carbocycles. The van der Waals surface area contributed by atoms with Crippen LogP contribution in [0.15, 0.2) is 18.2 Å². The number of nitro groups is 1. The molecule has 0 spiro atoms. The maximum absolute atomic E-state index is 11.4. The normalized spacial score (nSPS) is 24.7. The summed E-state index contributed by atoms with van der Waals surface area (Å²) in [6.45, 7) is 0.780. The predicted octanol–water partition coefficient (Wildman–Crippen LogP) is 3.06. The molecule has 1 saturated carbocycles. The van der Waals surface area contributed by atoms with E-state index in [0.29, 0.717) is 17.6 Å². The van der Waals surface area contributed by atoms with Crippen molar-refractivity contribution in [1.82, 2.24) is 0 Å². The van der Waals surface area contributed by atoms with Crippen LogP contribution in [0.1, 0.15) is 42.5 Å². The number of nitro benzene ring substituents is 1. The van der Waals surface area contributed by atoms with Gasteiger partial charge in [-0.1, -0.05) is 6.42 Å². The fourth-order valence-corrected chi connectivity index (χ4v) is 3.81. The topological polar surface area (TPSA) is 83.7 Å². The van der Waals surface area contributed by atoms with Crippen LogP contribution >= 0.6 is 0 Å². The van der Waals surface area contributed by atoms with Crippen LogP contribution < -0.4 is 4.90 Å². The van der Waals surface area contributed by atoms with Crippen molar-refractivity contribution < 1.29 is 14.8 Å². The van der Waals surface area contributed by atoms with Gasteiger partial charge in [-0.15, -0.1) is 0 Å². The Morgan fingerprint density at radius 3 is 2.76 bits per heavy atom. The Morgan fingerprint density at radius 2 is 2.05 bits per heavy atom. The number of rotatable bonds is 3. The summed E-state index contributed by atoms with van der Waals surface area (Å²) in [5, 5.41) is 20.4. The highest BCUT2D eigenvalue weighted by atomic mass is 16.6. The summed E-state index contributed by atoms with van der Waals surface area (Å²) in [4.78, 5) is 24.1. The zero-order chi connectivity index (χ0) is 15.0. The van der Waals surface area contributed by atoms with Crippen molar-refractivity contribution in [3.63, 3.8) is 0 Å². The molecule has 1 aromatic rings. The Labute approximate surface area is 122 Å². The first-order valence-corrected chi connectivity index (χ1v) is 7.36. The van der Waals surface area contributed by atoms with Crippen molar-refractivity contribution in [2.75, 3.05) is 11.4 Å². The van der Waals surface area contributed by atoms with Crippen molar-refractivity contribution in [2.24, 2.45) is 5.92 Å². The van der Waals surface area contributed by atoms with Crippen LogP contribution in [0.2, 0.25) is 0 Å². The maximum Gasteiger partial charge on any atom is 0.337 e. The van der Waals surface area contributed by atoms with Gasteiger partial charge in [0.15, 0.2) is 0 Å². The number of hydrogen-bond donors (Lipinski definition) is 1. The second kappa shape index (κ2) is 5.35. The molecule has 2 unspecified atom stereocenters. The number of fused-ring (bicyclic) bond motifs is 1. The van der Waals surface area contributed by atoms with Crippen LogP contribution in [0.3, 0.4) is 0 Å². The van der Waals surface area contributed by atoms with E-state index in [2.05, 4.69) is 4.90 Å². The van der Waals surface area contributed by atoms with Crippen LogP contribution in [-0.2, 0) is 0 Å². The lowest BCUT2D eigenvalue weighted by Crippen LogP contribution is -2.43. The fourth-order valence-electron chi connectivity index (χ4n) is 3.81. The zero-order valence-electron chi connectivity index (χ0n) is 11.7. The Hall–Kier alpha value is -2.11. The lowest BCUT2D eigenvalue weighted by molar-refractivity contribution is -0.384. The largest absolute Gasteiger partial charge is 0.478 e. The smallest absolute Gasteiger partial charge is 0.337 e. The number of carbonyl (C=O) groups is 1. The molecule has 0 bridgehead atoms. The van der Waals surface area contributed by atoms with Gasteiger partial charge in [-0.2, -0.15) is 0 Å². The summed E-state index contributed by atoms with van der Waals surface area (Å²) < 4.78 is 0. The van der Waals surface area contributed by atoms with Crippen LogP contribution in [0.4, 0.5) is 11.4 Å². The summed E-state index contributed by atoms with van der Waals surface area (Å²) >= 11 is 0. The van der Waals surface area contributed by atoms with E-state index in [0.717, 1.165) is 25.8 Å². The number of nitrogens with zero attached hydrogens (tertiary/aromatic N) is 2. The van der Waals surface area contributed by atoms with E-state index >= 15 is 0 Å². The van der Waals surface area contributed by atoms with Crippen molar-refractivity contribution >= 4 is 17.3 Å². The Kier molecular flexibility index (Phi) is 3.53. The Morgan fingerprint density at radius 1 is 1.29 bits per heavy atom. The van der Waals surface area contributed by atoms with Gasteiger partial charge < -0.3 is 10.0 Å². The minimum absolute atomic E-state index is 0.0462. The fraction of sp³-hybridized carbons (Fsp3) is 0.533. The molecule has 21 heavy (non-hydrogen) atoms. The van der Waals surface area contributed by atoms with Crippen LogP contribution in [-0.4, -0.2) is 28.6 Å². The molecule has 1 heterocycles. The van der Waals surface area contributed by atoms with Gasteiger partial charge in [0.2, 0.25) is 0 Å². The highest BCUT2D eigenvalue weighted by Gasteiger charge is 2.36. The van der Waals surface area contributed by atoms with E-state index in [4.69, 9.17) is 0 Å². The average Bonchev–Trinajstić information content (AvgIpc) is 2.94. The highest BCUT2D eigenvalue weighted by molar-refractivity contribution is 5.95. The number of aromatic carboxylic acids is 1. The molecule has 1 N–H and O–H groups in total. The van der Waals surface area contributed by atoms with Gasteiger partial charge in [-0.05, 0) is 37.7 Å². The van der Waals surface area contributed by atoms with E-state index in [1.807, 2.05) is 0 Å². The summed E-state index contributed by atoms with van der Waals surface area (Å²) in [6, 6.07) is 4.38. The molecule has 0 amide bonds. The van der Waals surface area contributed by atoms with Crippen LogP contribution in [0.25, 0.3) is 0 Å². The van der Waals surface area contributed by atoms with E-state index in [9.17, 15) is 20.0 Å². The molecule has 2 atom stereocenters. The lowest BCUT2D eigenvalue weighted by Gasteiger charge is -2.40. The quantitative estimate of drug-likeness (QED) is 0.683. The van der Waals surface area contributed by atoms with Crippen molar-refractivity contribution in [3.8, 4) is 0 Å². The van der Waals surface area contributed by atoms with Gasteiger partial charge in [0.05, 0.1) is 16.2 Å². The molecular formula is C15H18N2O4. The van der Waals surface area contributed by atoms with Crippen molar-refractivity contribution in [1.29, 1.82) is 0 Å². The number of carboxylic acid groups (broad SMARTS) is 1. The number of anilines is 1. The summed E-state index contributed by atoms with van der Waals surface area (Å²) in [6.07, 6.45) is 5.58. The second-order valence-corrected chi connectivity index (χ2v) is 5.86. The molecule has 1 saturated heterocycles. The third-order valence-electron chi connectivity index (χ3n) is 4.73. The van der Waals surface area contributed by atoms with Gasteiger partial charge in [0, 0.05) is 24.7 Å². The molecule has 112 valence electrons. The SMILES string of the molecule is O=C(O)c1ccc([N+](=O)[O-])cc1N1CCCC2CCCC21. The Balaban J connectivity index is 2.04. The van der Waals surface area contributed by atoms with E-state index < -0.39 is 10.9 Å². The van der Waals surface area contributed by atoms with Crippen LogP contribution in [0, 0.1) is 16.0 Å². The van der Waals surface area contributed by atoms with Crippen molar-refractivity contribution in [2.45, 2.75) is 38.1 Å². The Bertz CT molecular complexity index is 587. The van der Waals surface area contributed by atoms with Crippen molar-refractivity contribution in [3.05, 3.63) is 33.9 Å². The first-order chi connectivity index (χ1) is 10.1. The molecule has 3 rings (SSSR count). The van der Waals surface area contributed by atoms with Gasteiger partial charge >= 0.3 is 5.97 Å². The zero-order valence-corrected chi connectivity index (χ0v) is 11.7. The first kappa shape index (κ1) is 13.9. The number of carboxylic acids is 1. The minimum atomic E-state index is -1.03. The van der Waals surface area contributed by atoms with Gasteiger partial charge in [-0.25, -0.2) is 4.79 Å². The summed E-state index contributed by atoms with van der Waals surface area (Å²) in [5.74, 6) is -0.431. The van der Waals surface area contributed by atoms with Gasteiger partial charge in [-0.3, -0.25) is 10.1 Å². The predicted molar refractivity (Wildman–Crippen MR) is 77.8 cm³/mol. The molecule has 0 radical (unpaired) electrons. The standard InChI is InChI=1S/C15H18N2O4/c18-15(19)12-7-6-11(17(20)21)9-14(12)16-8-2-4-10-3-1-5-13(10)16/h6-7,9-10,13H,1-5,8H2,(H,18,19). The second-order valence-electron chi connectivity index (χ2n) is 5.86. The average molecular weight is 290 g/mol. The van der Waals surface area contributed by atoms with Crippen LogP contribution in [0.5, 0.6) is 0 Å². The summed E-state index contributed by atoms with van der Waals surface area (Å²) in [5.41, 5.74) is 0.622. The molecule has 0 aromatic heterocycles. The molecule has 2 aliphatic rings. The first-order valence-electron chi connectivity index (χ1n) is 7.36. The molecule has 1 aliphatic heterocycles. The molecule has 6 nitrogen and oxygen atoms in total. The molecule has 2 fully saturated rings. The number of hydrogen-bond acceptors (Lipinski definition) is 4. The third kappa shape index (κ3) is 2.46. The van der Waals surface area contributed by atoms with Gasteiger partial charge in [0.25, 0.3) is 5.69 Å². The van der Waals surface area contributed by atoms with Gasteiger partial charge in [0.1, 0.15) is 0 Å². The summed E-state index contributed by atoms with van der Waals surface area (Å²) in [7, 11) is 0. The molecule has 1 aromatic carbocycles. The number of non-ortho nitro benzene ring substituents is 1. The van der Waals surface area contributed by atoms with E-state index in [-0.39, 0.29) is 11.3 Å². The lowest BCUT2D eigenvalue weighted by atomic mass is 9.91. The van der Waals surface area contributed by atoms with E-state index in [1.165, 1.54) is 31.0 Å². The highest BCUT2D eigenvalue weighted by Crippen LogP contribution is 2.40. The molecule has 6 heteroatoms. The maximum atomic E-state index is 11.4. The minimum Gasteiger partial charge on any atom is -0.478 e. The van der Waals surface area contributed by atoms with E-state index in [1.54, 1.807) is 0 Å². The number of piperidine rings is 1. The monoisotopic (exact) mass is 290 g/mol.